The predicted octanol–water partition coefficient (Wildman–Crippen LogP) is 1.55. The minimum Gasteiger partial charge on any atom is -0.450 e. The van der Waals surface area contributed by atoms with E-state index in [2.05, 4.69) is 4.74 Å². The third kappa shape index (κ3) is 2.96. The number of imide groups is 1. The van der Waals surface area contributed by atoms with E-state index in [1.807, 2.05) is 0 Å². The van der Waals surface area contributed by atoms with Gasteiger partial charge >= 0.3 is 6.09 Å². The van der Waals surface area contributed by atoms with Gasteiger partial charge in [-0.3, -0.25) is 14.5 Å². The molecule has 0 saturated carbocycles. The van der Waals surface area contributed by atoms with Gasteiger partial charge in [0.05, 0.1) is 17.7 Å². The smallest absolute Gasteiger partial charge is 0.404 e. The molecule has 1 aliphatic rings. The predicted molar refractivity (Wildman–Crippen MR) is 71.2 cm³/mol. The molecule has 1 aliphatic heterocycles. The molecule has 0 bridgehead atoms. The lowest BCUT2D eigenvalue weighted by molar-refractivity contribution is 0.0651. The quantitative estimate of drug-likeness (QED) is 0.630. The lowest BCUT2D eigenvalue weighted by Crippen LogP contribution is -2.30. The van der Waals surface area contributed by atoms with Crippen molar-refractivity contribution in [3.63, 3.8) is 0 Å². The second-order valence-electron chi connectivity index (χ2n) is 4.54. The van der Waals surface area contributed by atoms with Crippen LogP contribution in [0.3, 0.4) is 0 Å². The highest BCUT2D eigenvalue weighted by molar-refractivity contribution is 6.21. The van der Waals surface area contributed by atoms with E-state index in [4.69, 9.17) is 5.73 Å². The van der Waals surface area contributed by atoms with Gasteiger partial charge in [0.2, 0.25) is 0 Å². The molecule has 0 saturated heterocycles. The molecule has 1 heterocycles. The summed E-state index contributed by atoms with van der Waals surface area (Å²) >= 11 is 0. The van der Waals surface area contributed by atoms with Crippen molar-refractivity contribution in [1.29, 1.82) is 0 Å². The van der Waals surface area contributed by atoms with E-state index < -0.39 is 6.09 Å². The molecular formula is C14H16N2O4. The number of unbranched alkanes of at least 4 members (excludes halogenated alkanes) is 2. The minimum absolute atomic E-state index is 0.237. The largest absolute Gasteiger partial charge is 0.450 e. The Morgan fingerprint density at radius 2 is 1.65 bits per heavy atom. The fraction of sp³-hybridized carbons (Fsp3) is 0.357. The third-order valence-electron chi connectivity index (χ3n) is 3.15. The summed E-state index contributed by atoms with van der Waals surface area (Å²) in [7, 11) is 0. The van der Waals surface area contributed by atoms with Crippen LogP contribution in [0.1, 0.15) is 40.0 Å². The molecule has 0 spiro atoms. The van der Waals surface area contributed by atoms with Crippen molar-refractivity contribution in [2.45, 2.75) is 19.3 Å². The molecule has 0 aromatic heterocycles. The maximum atomic E-state index is 12.0. The number of primary amides is 1. The molecule has 0 atom stereocenters. The van der Waals surface area contributed by atoms with Gasteiger partial charge in [-0.15, -0.1) is 0 Å². The Hall–Kier alpha value is -2.37. The van der Waals surface area contributed by atoms with Gasteiger partial charge in [-0.05, 0) is 31.4 Å². The van der Waals surface area contributed by atoms with Crippen LogP contribution in [-0.2, 0) is 4.74 Å². The fourth-order valence-electron chi connectivity index (χ4n) is 2.16. The fourth-order valence-corrected chi connectivity index (χ4v) is 2.16. The Bertz CT molecular complexity index is 507. The van der Waals surface area contributed by atoms with Gasteiger partial charge < -0.3 is 10.5 Å². The van der Waals surface area contributed by atoms with Crippen LogP contribution in [0.15, 0.2) is 24.3 Å². The number of carbonyl (C=O) groups is 3. The summed E-state index contributed by atoms with van der Waals surface area (Å²) in [6.07, 6.45) is 1.30. The molecule has 3 amide bonds. The van der Waals surface area contributed by atoms with Crippen LogP contribution in [0, 0.1) is 0 Å². The van der Waals surface area contributed by atoms with Gasteiger partial charge in [-0.25, -0.2) is 4.79 Å². The SMILES string of the molecule is NC(=O)OCCCCCN1C(=O)c2ccccc2C1=O. The number of nitrogens with two attached hydrogens (primary N) is 1. The molecule has 6 heteroatoms. The number of carbonyl (C=O) groups excluding carboxylic acids is 3. The summed E-state index contributed by atoms with van der Waals surface area (Å²) in [6, 6.07) is 6.82. The molecule has 2 rings (SSSR count). The van der Waals surface area contributed by atoms with Crippen molar-refractivity contribution in [2.75, 3.05) is 13.2 Å². The summed E-state index contributed by atoms with van der Waals surface area (Å²) < 4.78 is 4.60. The monoisotopic (exact) mass is 276 g/mol. The highest BCUT2D eigenvalue weighted by Crippen LogP contribution is 2.22. The first-order valence-corrected chi connectivity index (χ1v) is 6.48. The number of ether oxygens (including phenoxy) is 1. The number of benzene rings is 1. The Balaban J connectivity index is 1.79. The van der Waals surface area contributed by atoms with Crippen LogP contribution in [-0.4, -0.2) is 36.0 Å². The highest BCUT2D eigenvalue weighted by atomic mass is 16.5. The Morgan fingerprint density at radius 1 is 1.05 bits per heavy atom. The van der Waals surface area contributed by atoms with Crippen molar-refractivity contribution >= 4 is 17.9 Å². The van der Waals surface area contributed by atoms with Crippen LogP contribution in [0.25, 0.3) is 0 Å². The van der Waals surface area contributed by atoms with Gasteiger partial charge in [0.15, 0.2) is 0 Å². The van der Waals surface area contributed by atoms with Gasteiger partial charge in [0.25, 0.3) is 11.8 Å². The number of fused-ring (bicyclic) bond motifs is 1. The van der Waals surface area contributed by atoms with E-state index in [0.717, 1.165) is 6.42 Å². The summed E-state index contributed by atoms with van der Waals surface area (Å²) in [5, 5.41) is 0. The average Bonchev–Trinajstić information content (AvgIpc) is 2.67. The molecule has 0 aliphatic carbocycles. The van der Waals surface area contributed by atoms with Gasteiger partial charge in [0.1, 0.15) is 0 Å². The Morgan fingerprint density at radius 3 is 2.20 bits per heavy atom. The number of hydrogen-bond donors (Lipinski definition) is 1. The molecule has 2 N–H and O–H groups in total. The van der Waals surface area contributed by atoms with Crippen molar-refractivity contribution in [3.05, 3.63) is 35.4 Å². The van der Waals surface area contributed by atoms with Crippen molar-refractivity contribution in [2.24, 2.45) is 5.73 Å². The van der Waals surface area contributed by atoms with Crippen molar-refractivity contribution < 1.29 is 19.1 Å². The lowest BCUT2D eigenvalue weighted by Gasteiger charge is -2.13. The molecule has 0 fully saturated rings. The molecular weight excluding hydrogens is 260 g/mol. The lowest BCUT2D eigenvalue weighted by atomic mass is 10.1. The van der Waals surface area contributed by atoms with E-state index in [0.29, 0.717) is 30.5 Å². The van der Waals surface area contributed by atoms with Crippen LogP contribution in [0.5, 0.6) is 0 Å². The minimum atomic E-state index is -0.787. The van der Waals surface area contributed by atoms with Crippen molar-refractivity contribution in [3.8, 4) is 0 Å². The van der Waals surface area contributed by atoms with Crippen molar-refractivity contribution in [1.82, 2.24) is 4.90 Å². The highest BCUT2D eigenvalue weighted by Gasteiger charge is 2.34. The van der Waals surface area contributed by atoms with Crippen LogP contribution >= 0.6 is 0 Å². The summed E-state index contributed by atoms with van der Waals surface area (Å²) in [5.41, 5.74) is 5.77. The van der Waals surface area contributed by atoms with E-state index in [-0.39, 0.29) is 18.4 Å². The summed E-state index contributed by atoms with van der Waals surface area (Å²) in [5.74, 6) is -0.474. The summed E-state index contributed by atoms with van der Waals surface area (Å²) in [6.45, 7) is 0.639. The second-order valence-corrected chi connectivity index (χ2v) is 4.54. The summed E-state index contributed by atoms with van der Waals surface area (Å²) in [4.78, 5) is 35.7. The Kier molecular flexibility index (Phi) is 4.34. The van der Waals surface area contributed by atoms with Gasteiger partial charge in [-0.1, -0.05) is 12.1 Å². The number of nitrogens with zero attached hydrogens (tertiary/aromatic N) is 1. The molecule has 1 aromatic carbocycles. The van der Waals surface area contributed by atoms with E-state index in [1.54, 1.807) is 24.3 Å². The van der Waals surface area contributed by atoms with Crippen LogP contribution in [0.2, 0.25) is 0 Å². The second kappa shape index (κ2) is 6.18. The standard InChI is InChI=1S/C14H16N2O4/c15-14(19)20-9-5-1-4-8-16-12(17)10-6-2-3-7-11(10)13(16)18/h2-3,6-7H,1,4-5,8-9H2,(H2,15,19). The average molecular weight is 276 g/mol. The normalized spacial score (nSPS) is 13.5. The first-order chi connectivity index (χ1) is 9.61. The first-order valence-electron chi connectivity index (χ1n) is 6.48. The maximum Gasteiger partial charge on any atom is 0.404 e. The van der Waals surface area contributed by atoms with Crippen LogP contribution in [0.4, 0.5) is 4.79 Å². The zero-order valence-corrected chi connectivity index (χ0v) is 11.0. The topological polar surface area (TPSA) is 89.7 Å². The number of hydrogen-bond acceptors (Lipinski definition) is 4. The zero-order valence-electron chi connectivity index (χ0n) is 11.0. The number of amides is 3. The first kappa shape index (κ1) is 14.0. The molecule has 0 unspecified atom stereocenters. The molecule has 106 valence electrons. The molecule has 6 nitrogen and oxygen atoms in total. The molecule has 1 aromatic rings. The van der Waals surface area contributed by atoms with E-state index in [1.165, 1.54) is 4.90 Å². The van der Waals surface area contributed by atoms with Gasteiger partial charge in [-0.2, -0.15) is 0 Å². The van der Waals surface area contributed by atoms with Gasteiger partial charge in [0, 0.05) is 6.54 Å². The molecule has 0 radical (unpaired) electrons. The Labute approximate surface area is 116 Å². The number of rotatable bonds is 6. The van der Waals surface area contributed by atoms with Crippen LogP contribution < -0.4 is 5.73 Å². The maximum absolute atomic E-state index is 12.0. The third-order valence-corrected chi connectivity index (χ3v) is 3.15. The van der Waals surface area contributed by atoms with E-state index in [9.17, 15) is 14.4 Å². The zero-order chi connectivity index (χ0) is 14.5. The molecule has 20 heavy (non-hydrogen) atoms. The van der Waals surface area contributed by atoms with E-state index >= 15 is 0 Å².